The van der Waals surface area contributed by atoms with Crippen molar-refractivity contribution in [1.29, 1.82) is 0 Å². The largest absolute Gasteiger partial charge is 0.337 e. The highest BCUT2D eigenvalue weighted by Gasteiger charge is 2.37. The lowest BCUT2D eigenvalue weighted by atomic mass is 9.94. The predicted molar refractivity (Wildman–Crippen MR) is 77.2 cm³/mol. The van der Waals surface area contributed by atoms with Gasteiger partial charge in [0.25, 0.3) is 11.6 Å². The molecule has 1 amide bonds. The lowest BCUT2D eigenvalue weighted by Gasteiger charge is -2.24. The topological polar surface area (TPSA) is 80.4 Å². The van der Waals surface area contributed by atoms with Gasteiger partial charge < -0.3 is 14.8 Å². The van der Waals surface area contributed by atoms with Crippen LogP contribution in [0.2, 0.25) is 0 Å². The van der Waals surface area contributed by atoms with E-state index < -0.39 is 4.92 Å². The minimum Gasteiger partial charge on any atom is -0.337 e. The van der Waals surface area contributed by atoms with E-state index >= 15 is 0 Å². The van der Waals surface area contributed by atoms with Gasteiger partial charge in [0.05, 0.1) is 11.1 Å². The number of likely N-dealkylation sites (tertiary alicyclic amines) is 1. The second kappa shape index (κ2) is 5.48. The molecule has 2 saturated heterocycles. The zero-order chi connectivity index (χ0) is 15.0. The number of carbonyl (C=O) groups is 1. The van der Waals surface area contributed by atoms with E-state index in [1.807, 2.05) is 11.8 Å². The second-order valence-electron chi connectivity index (χ2n) is 5.80. The molecule has 2 atom stereocenters. The molecule has 0 aromatic carbocycles. The van der Waals surface area contributed by atoms with Crippen LogP contribution >= 0.6 is 0 Å². The number of piperidine rings is 1. The van der Waals surface area contributed by atoms with Gasteiger partial charge in [-0.15, -0.1) is 0 Å². The van der Waals surface area contributed by atoms with Crippen molar-refractivity contribution in [2.24, 2.45) is 5.92 Å². The van der Waals surface area contributed by atoms with Crippen LogP contribution in [0.4, 0.5) is 5.69 Å². The maximum atomic E-state index is 12.7. The molecule has 0 aliphatic carbocycles. The monoisotopic (exact) mass is 292 g/mol. The average molecular weight is 292 g/mol. The SMILES string of the molecule is CCn1cc([N+](=O)[O-])cc1C(=O)N1CC2CCCNC2C1. The Morgan fingerprint density at radius 2 is 2.33 bits per heavy atom. The highest BCUT2D eigenvalue weighted by Crippen LogP contribution is 2.27. The molecule has 1 aromatic rings. The number of nitrogens with zero attached hydrogens (tertiary/aromatic N) is 3. The molecule has 2 aliphatic rings. The summed E-state index contributed by atoms with van der Waals surface area (Å²) in [5, 5.41) is 14.3. The minimum atomic E-state index is -0.450. The molecule has 0 bridgehead atoms. The van der Waals surface area contributed by atoms with Crippen LogP contribution in [0.25, 0.3) is 0 Å². The third-order valence-corrected chi connectivity index (χ3v) is 4.54. The molecular formula is C14H20N4O3. The quantitative estimate of drug-likeness (QED) is 0.671. The van der Waals surface area contributed by atoms with Gasteiger partial charge in [-0.1, -0.05) is 0 Å². The summed E-state index contributed by atoms with van der Waals surface area (Å²) >= 11 is 0. The zero-order valence-corrected chi connectivity index (χ0v) is 12.1. The summed E-state index contributed by atoms with van der Waals surface area (Å²) < 4.78 is 1.66. The number of rotatable bonds is 3. The Balaban J connectivity index is 1.80. The molecule has 0 saturated carbocycles. The molecule has 3 heterocycles. The lowest BCUT2D eigenvalue weighted by molar-refractivity contribution is -0.384. The summed E-state index contributed by atoms with van der Waals surface area (Å²) in [6.45, 7) is 4.89. The first-order chi connectivity index (χ1) is 10.1. The van der Waals surface area contributed by atoms with Crippen molar-refractivity contribution in [2.75, 3.05) is 19.6 Å². The first-order valence-corrected chi connectivity index (χ1v) is 7.47. The third-order valence-electron chi connectivity index (χ3n) is 4.54. The number of amides is 1. The number of hydrogen-bond donors (Lipinski definition) is 1. The van der Waals surface area contributed by atoms with Gasteiger partial charge in [0, 0.05) is 31.7 Å². The normalized spacial score (nSPS) is 24.9. The number of aromatic nitrogens is 1. The van der Waals surface area contributed by atoms with Crippen LogP contribution in [0.3, 0.4) is 0 Å². The molecule has 2 unspecified atom stereocenters. The Hall–Kier alpha value is -1.89. The van der Waals surface area contributed by atoms with E-state index in [-0.39, 0.29) is 11.6 Å². The fourth-order valence-electron chi connectivity index (χ4n) is 3.41. The van der Waals surface area contributed by atoms with Crippen molar-refractivity contribution in [3.63, 3.8) is 0 Å². The summed E-state index contributed by atoms with van der Waals surface area (Å²) in [4.78, 5) is 24.9. The molecule has 2 fully saturated rings. The number of nitrogens with one attached hydrogen (secondary N) is 1. The van der Waals surface area contributed by atoms with Gasteiger partial charge in [-0.25, -0.2) is 0 Å². The Morgan fingerprint density at radius 3 is 3.00 bits per heavy atom. The fraction of sp³-hybridized carbons (Fsp3) is 0.643. The van der Waals surface area contributed by atoms with Crippen molar-refractivity contribution in [3.05, 3.63) is 28.1 Å². The number of aryl methyl sites for hydroxylation is 1. The molecule has 0 spiro atoms. The van der Waals surface area contributed by atoms with Crippen LogP contribution in [0.1, 0.15) is 30.3 Å². The molecule has 7 heteroatoms. The van der Waals surface area contributed by atoms with Crippen LogP contribution in [0, 0.1) is 16.0 Å². The van der Waals surface area contributed by atoms with E-state index in [0.717, 1.165) is 25.9 Å². The van der Waals surface area contributed by atoms with Crippen molar-refractivity contribution in [2.45, 2.75) is 32.4 Å². The number of hydrogen-bond acceptors (Lipinski definition) is 4. The van der Waals surface area contributed by atoms with Crippen LogP contribution in [0.5, 0.6) is 0 Å². The molecule has 3 rings (SSSR count). The van der Waals surface area contributed by atoms with Crippen LogP contribution in [0.15, 0.2) is 12.3 Å². The van der Waals surface area contributed by atoms with Crippen molar-refractivity contribution in [3.8, 4) is 0 Å². The van der Waals surface area contributed by atoms with Gasteiger partial charge in [-0.05, 0) is 32.2 Å². The van der Waals surface area contributed by atoms with E-state index in [2.05, 4.69) is 5.32 Å². The smallest absolute Gasteiger partial charge is 0.287 e. The molecule has 1 N–H and O–H groups in total. The Kier molecular flexibility index (Phi) is 3.67. The van der Waals surface area contributed by atoms with Gasteiger partial charge in [0.2, 0.25) is 0 Å². The van der Waals surface area contributed by atoms with E-state index in [1.54, 1.807) is 4.57 Å². The van der Waals surface area contributed by atoms with Crippen LogP contribution < -0.4 is 5.32 Å². The standard InChI is InChI=1S/C14H20N4O3/c1-2-16-8-11(18(20)21)6-13(16)14(19)17-7-10-4-3-5-15-12(10)9-17/h6,8,10,12,15H,2-5,7,9H2,1H3. The van der Waals surface area contributed by atoms with E-state index in [0.29, 0.717) is 30.7 Å². The first-order valence-electron chi connectivity index (χ1n) is 7.47. The average Bonchev–Trinajstić information content (AvgIpc) is 3.10. The zero-order valence-electron chi connectivity index (χ0n) is 12.1. The van der Waals surface area contributed by atoms with Gasteiger partial charge in [0.15, 0.2) is 0 Å². The van der Waals surface area contributed by atoms with Crippen molar-refractivity contribution < 1.29 is 9.72 Å². The molecule has 7 nitrogen and oxygen atoms in total. The summed E-state index contributed by atoms with van der Waals surface area (Å²) in [6, 6.07) is 1.77. The second-order valence-corrected chi connectivity index (χ2v) is 5.80. The Morgan fingerprint density at radius 1 is 1.52 bits per heavy atom. The first kappa shape index (κ1) is 14.1. The molecule has 0 radical (unpaired) electrons. The third kappa shape index (κ3) is 2.53. The lowest BCUT2D eigenvalue weighted by Crippen LogP contribution is -2.41. The van der Waals surface area contributed by atoms with Crippen molar-refractivity contribution in [1.82, 2.24) is 14.8 Å². The fourth-order valence-corrected chi connectivity index (χ4v) is 3.41. The Labute approximate surface area is 123 Å². The van der Waals surface area contributed by atoms with Crippen LogP contribution in [-0.4, -0.2) is 46.0 Å². The minimum absolute atomic E-state index is 0.0186. The molecule has 1 aromatic heterocycles. The molecular weight excluding hydrogens is 272 g/mol. The Bertz CT molecular complexity index is 555. The van der Waals surface area contributed by atoms with Crippen molar-refractivity contribution >= 4 is 11.6 Å². The number of nitro groups is 1. The maximum Gasteiger partial charge on any atom is 0.287 e. The van der Waals surface area contributed by atoms with E-state index in [4.69, 9.17) is 0 Å². The number of carbonyl (C=O) groups excluding carboxylic acids is 1. The summed E-state index contributed by atoms with van der Waals surface area (Å²) in [5.74, 6) is 0.420. The van der Waals surface area contributed by atoms with Gasteiger partial charge in [-0.3, -0.25) is 14.9 Å². The summed E-state index contributed by atoms with van der Waals surface area (Å²) in [7, 11) is 0. The predicted octanol–water partition coefficient (Wildman–Crippen LogP) is 1.24. The van der Waals surface area contributed by atoms with E-state index in [1.165, 1.54) is 12.3 Å². The summed E-state index contributed by atoms with van der Waals surface area (Å²) in [6.07, 6.45) is 3.74. The molecule has 2 aliphatic heterocycles. The number of fused-ring (bicyclic) bond motifs is 1. The molecule has 114 valence electrons. The summed E-state index contributed by atoms with van der Waals surface area (Å²) in [5.41, 5.74) is 0.401. The molecule has 21 heavy (non-hydrogen) atoms. The van der Waals surface area contributed by atoms with Gasteiger partial charge in [0.1, 0.15) is 5.69 Å². The van der Waals surface area contributed by atoms with E-state index in [9.17, 15) is 14.9 Å². The van der Waals surface area contributed by atoms with Crippen LogP contribution in [-0.2, 0) is 6.54 Å². The highest BCUT2D eigenvalue weighted by atomic mass is 16.6. The maximum absolute atomic E-state index is 12.7. The van der Waals surface area contributed by atoms with Gasteiger partial charge in [-0.2, -0.15) is 0 Å². The van der Waals surface area contributed by atoms with Gasteiger partial charge >= 0.3 is 0 Å². The highest BCUT2D eigenvalue weighted by molar-refractivity contribution is 5.93.